The highest BCUT2D eigenvalue weighted by Gasteiger charge is 2.41. The topological polar surface area (TPSA) is 18.5 Å². The summed E-state index contributed by atoms with van der Waals surface area (Å²) in [7, 11) is 0. The Balaban J connectivity index is 2.16. The van der Waals surface area contributed by atoms with E-state index in [0.717, 1.165) is 0 Å². The first-order valence-corrected chi connectivity index (χ1v) is 3.76. The van der Waals surface area contributed by atoms with E-state index in [4.69, 9.17) is 9.47 Å². The molecule has 1 fully saturated rings. The van der Waals surface area contributed by atoms with E-state index < -0.39 is 0 Å². The van der Waals surface area contributed by atoms with Crippen LogP contribution in [0.3, 0.4) is 0 Å². The molecule has 0 bridgehead atoms. The van der Waals surface area contributed by atoms with E-state index in [-0.39, 0.29) is 6.29 Å². The zero-order valence-electron chi connectivity index (χ0n) is 6.28. The highest BCUT2D eigenvalue weighted by molar-refractivity contribution is 4.99. The Morgan fingerprint density at radius 2 is 2.10 bits per heavy atom. The first-order valence-electron chi connectivity index (χ1n) is 3.76. The van der Waals surface area contributed by atoms with E-state index in [0.29, 0.717) is 17.9 Å². The van der Waals surface area contributed by atoms with Crippen molar-refractivity contribution in [3.63, 3.8) is 0 Å². The summed E-state index contributed by atoms with van der Waals surface area (Å²) < 4.78 is 10.7. The summed E-state index contributed by atoms with van der Waals surface area (Å²) in [5, 5.41) is 0. The maximum Gasteiger partial charge on any atom is 0.205 e. The predicted molar refractivity (Wildman–Crippen MR) is 37.2 cm³/mol. The number of hydrogen-bond donors (Lipinski definition) is 0. The lowest BCUT2D eigenvalue weighted by molar-refractivity contribution is -0.0935. The van der Waals surface area contributed by atoms with Gasteiger partial charge in [-0.3, -0.25) is 0 Å². The molecule has 56 valence electrons. The zero-order chi connectivity index (χ0) is 7.14. The molecule has 2 aliphatic rings. The van der Waals surface area contributed by atoms with Gasteiger partial charge in [-0.25, -0.2) is 0 Å². The smallest absolute Gasteiger partial charge is 0.205 e. The van der Waals surface area contributed by atoms with Crippen molar-refractivity contribution in [2.45, 2.75) is 26.2 Å². The van der Waals surface area contributed by atoms with Gasteiger partial charge in [0, 0.05) is 5.92 Å². The number of ether oxygens (including phenoxy) is 2. The van der Waals surface area contributed by atoms with Crippen molar-refractivity contribution in [1.29, 1.82) is 0 Å². The fourth-order valence-corrected chi connectivity index (χ4v) is 1.59. The predicted octanol–water partition coefficient (Wildman–Crippen LogP) is 1.53. The monoisotopic (exact) mass is 140 g/mol. The lowest BCUT2D eigenvalue weighted by atomic mass is 9.93. The van der Waals surface area contributed by atoms with Crippen LogP contribution in [0.1, 0.15) is 13.8 Å². The molecule has 0 aliphatic carbocycles. The molecule has 0 aromatic carbocycles. The molecule has 2 nitrogen and oxygen atoms in total. The molecular formula is C8H12O2. The van der Waals surface area contributed by atoms with Crippen molar-refractivity contribution >= 4 is 0 Å². The van der Waals surface area contributed by atoms with E-state index in [1.165, 1.54) is 0 Å². The van der Waals surface area contributed by atoms with Crippen LogP contribution in [0.25, 0.3) is 0 Å². The molecular weight excluding hydrogens is 128 g/mol. The molecule has 4 atom stereocenters. The average Bonchev–Trinajstić information content (AvgIpc) is 2.41. The molecule has 0 aromatic heterocycles. The Labute approximate surface area is 60.8 Å². The van der Waals surface area contributed by atoms with E-state index in [1.807, 2.05) is 0 Å². The Kier molecular flexibility index (Phi) is 1.24. The quantitative estimate of drug-likeness (QED) is 0.508. The van der Waals surface area contributed by atoms with Crippen LogP contribution in [0.15, 0.2) is 12.3 Å². The van der Waals surface area contributed by atoms with Crippen molar-refractivity contribution in [2.75, 3.05) is 0 Å². The second kappa shape index (κ2) is 1.99. The molecule has 2 heteroatoms. The molecule has 0 saturated carbocycles. The minimum absolute atomic E-state index is 0.0185. The Bertz CT molecular complexity index is 165. The van der Waals surface area contributed by atoms with Gasteiger partial charge in [0.2, 0.25) is 6.29 Å². The van der Waals surface area contributed by atoms with Gasteiger partial charge in [-0.15, -0.1) is 0 Å². The van der Waals surface area contributed by atoms with Crippen LogP contribution in [0.2, 0.25) is 0 Å². The van der Waals surface area contributed by atoms with Crippen LogP contribution in [-0.2, 0) is 9.47 Å². The molecule has 2 aliphatic heterocycles. The molecule has 2 heterocycles. The Morgan fingerprint density at radius 1 is 1.30 bits per heavy atom. The van der Waals surface area contributed by atoms with Crippen LogP contribution >= 0.6 is 0 Å². The van der Waals surface area contributed by atoms with Crippen molar-refractivity contribution in [3.05, 3.63) is 12.3 Å². The van der Waals surface area contributed by atoms with E-state index in [1.54, 1.807) is 6.26 Å². The fourth-order valence-electron chi connectivity index (χ4n) is 1.59. The average molecular weight is 140 g/mol. The van der Waals surface area contributed by atoms with Gasteiger partial charge in [-0.2, -0.15) is 0 Å². The number of fused-ring (bicyclic) bond motifs is 1. The lowest BCUT2D eigenvalue weighted by Gasteiger charge is -2.08. The molecule has 0 aromatic rings. The third-order valence-electron chi connectivity index (χ3n) is 2.52. The molecule has 0 unspecified atom stereocenters. The fraction of sp³-hybridized carbons (Fsp3) is 0.750. The SMILES string of the molecule is C[C@H]1[C@@H]2C=CO[C@@H]2O[C@H]1C. The van der Waals surface area contributed by atoms with Gasteiger partial charge in [0.15, 0.2) is 0 Å². The van der Waals surface area contributed by atoms with Gasteiger partial charge in [0.1, 0.15) is 0 Å². The first-order chi connectivity index (χ1) is 4.79. The van der Waals surface area contributed by atoms with Gasteiger partial charge in [0.05, 0.1) is 12.4 Å². The maximum atomic E-state index is 5.51. The summed E-state index contributed by atoms with van der Waals surface area (Å²) in [5.41, 5.74) is 0. The molecule has 0 N–H and O–H groups in total. The van der Waals surface area contributed by atoms with Crippen LogP contribution < -0.4 is 0 Å². The molecule has 0 radical (unpaired) electrons. The minimum Gasteiger partial charge on any atom is -0.472 e. The number of hydrogen-bond acceptors (Lipinski definition) is 2. The minimum atomic E-state index is 0.0185. The van der Waals surface area contributed by atoms with Gasteiger partial charge in [0.25, 0.3) is 0 Å². The van der Waals surface area contributed by atoms with Gasteiger partial charge < -0.3 is 9.47 Å². The third kappa shape index (κ3) is 0.686. The summed E-state index contributed by atoms with van der Waals surface area (Å²) in [4.78, 5) is 0. The van der Waals surface area contributed by atoms with Crippen molar-refractivity contribution in [3.8, 4) is 0 Å². The van der Waals surface area contributed by atoms with E-state index >= 15 is 0 Å². The normalized spacial score (nSPS) is 51.0. The van der Waals surface area contributed by atoms with Gasteiger partial charge >= 0.3 is 0 Å². The van der Waals surface area contributed by atoms with Crippen LogP contribution in [-0.4, -0.2) is 12.4 Å². The van der Waals surface area contributed by atoms with Crippen molar-refractivity contribution in [2.24, 2.45) is 11.8 Å². The summed E-state index contributed by atoms with van der Waals surface area (Å²) in [6, 6.07) is 0. The number of rotatable bonds is 0. The van der Waals surface area contributed by atoms with Gasteiger partial charge in [-0.1, -0.05) is 6.92 Å². The highest BCUT2D eigenvalue weighted by atomic mass is 16.7. The molecule has 0 spiro atoms. The summed E-state index contributed by atoms with van der Waals surface area (Å²) in [5.74, 6) is 1.10. The second-order valence-electron chi connectivity index (χ2n) is 3.11. The Hall–Kier alpha value is -0.500. The van der Waals surface area contributed by atoms with Crippen molar-refractivity contribution in [1.82, 2.24) is 0 Å². The molecule has 0 amide bonds. The molecule has 10 heavy (non-hydrogen) atoms. The largest absolute Gasteiger partial charge is 0.472 e. The third-order valence-corrected chi connectivity index (χ3v) is 2.52. The standard InChI is InChI=1S/C8H12O2/c1-5-6(2)10-8-7(5)3-4-9-8/h3-8H,1-2H3/t5-,6+,7+,8-/m1/s1. The van der Waals surface area contributed by atoms with Gasteiger partial charge in [-0.05, 0) is 18.9 Å². The van der Waals surface area contributed by atoms with Crippen LogP contribution in [0.4, 0.5) is 0 Å². The zero-order valence-corrected chi connectivity index (χ0v) is 6.28. The summed E-state index contributed by atoms with van der Waals surface area (Å²) >= 11 is 0. The first kappa shape index (κ1) is 6.23. The second-order valence-corrected chi connectivity index (χ2v) is 3.11. The summed E-state index contributed by atoms with van der Waals surface area (Å²) in [6.07, 6.45) is 4.21. The molecule has 2 rings (SSSR count). The highest BCUT2D eigenvalue weighted by Crippen LogP contribution is 2.36. The maximum absolute atomic E-state index is 5.51. The summed E-state index contributed by atoms with van der Waals surface area (Å²) in [6.45, 7) is 4.30. The lowest BCUT2D eigenvalue weighted by Crippen LogP contribution is -2.13. The van der Waals surface area contributed by atoms with E-state index in [9.17, 15) is 0 Å². The molecule has 1 saturated heterocycles. The van der Waals surface area contributed by atoms with Crippen molar-refractivity contribution < 1.29 is 9.47 Å². The van der Waals surface area contributed by atoms with Crippen LogP contribution in [0, 0.1) is 11.8 Å². The van der Waals surface area contributed by atoms with E-state index in [2.05, 4.69) is 19.9 Å². The van der Waals surface area contributed by atoms with Crippen LogP contribution in [0.5, 0.6) is 0 Å². The Morgan fingerprint density at radius 3 is 2.80 bits per heavy atom.